The summed E-state index contributed by atoms with van der Waals surface area (Å²) in [5.41, 5.74) is 4.80. The van der Waals surface area contributed by atoms with Crippen LogP contribution in [0, 0.1) is 0 Å². The normalized spacial score (nSPS) is 16.1. The first-order valence-electron chi connectivity index (χ1n) is 8.04. The summed E-state index contributed by atoms with van der Waals surface area (Å²) in [6.45, 7) is 1.15. The summed E-state index contributed by atoms with van der Waals surface area (Å²) in [7, 11) is 0. The summed E-state index contributed by atoms with van der Waals surface area (Å²) in [5.74, 6) is 0.480. The van der Waals surface area contributed by atoms with E-state index in [1.54, 1.807) is 0 Å². The molecule has 0 saturated carbocycles. The highest BCUT2D eigenvalue weighted by Crippen LogP contribution is 2.25. The van der Waals surface area contributed by atoms with Crippen molar-refractivity contribution >= 4 is 23.3 Å². The standard InChI is InChI=1S/C17H18N4O3/c22-15-4-2-11-7-10(1-3-13(11)18-15)8-16(23)19-17-12-9-24-6-5-14(12)20-21-17/h1,3,7H,2,4-6,8-9H2,(H,18,22)(H2,19,20,21,23). The Kier molecular flexibility index (Phi) is 3.78. The molecule has 124 valence electrons. The van der Waals surface area contributed by atoms with Crippen LogP contribution in [0.15, 0.2) is 18.2 Å². The molecule has 2 amide bonds. The third-order valence-corrected chi connectivity index (χ3v) is 4.38. The lowest BCUT2D eigenvalue weighted by Crippen LogP contribution is -2.20. The van der Waals surface area contributed by atoms with Gasteiger partial charge in [-0.2, -0.15) is 5.10 Å². The van der Waals surface area contributed by atoms with Crippen molar-refractivity contribution in [3.8, 4) is 0 Å². The van der Waals surface area contributed by atoms with Gasteiger partial charge in [0.1, 0.15) is 0 Å². The van der Waals surface area contributed by atoms with Crippen molar-refractivity contribution in [2.45, 2.75) is 32.3 Å². The van der Waals surface area contributed by atoms with Gasteiger partial charge in [0.2, 0.25) is 11.8 Å². The monoisotopic (exact) mass is 326 g/mol. The third kappa shape index (κ3) is 2.90. The molecule has 0 atom stereocenters. The molecular formula is C17H18N4O3. The van der Waals surface area contributed by atoms with Crippen LogP contribution in [0.3, 0.4) is 0 Å². The van der Waals surface area contributed by atoms with Gasteiger partial charge in [-0.05, 0) is 23.6 Å². The summed E-state index contributed by atoms with van der Waals surface area (Å²) in [6, 6.07) is 5.71. The highest BCUT2D eigenvalue weighted by molar-refractivity contribution is 5.95. The molecule has 3 heterocycles. The van der Waals surface area contributed by atoms with Crippen LogP contribution in [0.25, 0.3) is 0 Å². The van der Waals surface area contributed by atoms with E-state index in [-0.39, 0.29) is 18.2 Å². The largest absolute Gasteiger partial charge is 0.376 e. The molecule has 2 aliphatic heterocycles. The lowest BCUT2D eigenvalue weighted by Gasteiger charge is -2.17. The van der Waals surface area contributed by atoms with E-state index in [0.717, 1.165) is 34.5 Å². The summed E-state index contributed by atoms with van der Waals surface area (Å²) in [5, 5.41) is 12.8. The minimum Gasteiger partial charge on any atom is -0.376 e. The molecule has 0 aliphatic carbocycles. The van der Waals surface area contributed by atoms with Gasteiger partial charge in [0.15, 0.2) is 5.82 Å². The number of nitrogens with one attached hydrogen (secondary N) is 3. The van der Waals surface area contributed by atoms with Crippen LogP contribution >= 0.6 is 0 Å². The molecule has 2 aromatic rings. The summed E-state index contributed by atoms with van der Waals surface area (Å²) < 4.78 is 5.42. The lowest BCUT2D eigenvalue weighted by molar-refractivity contribution is -0.117. The Morgan fingerprint density at radius 3 is 3.12 bits per heavy atom. The van der Waals surface area contributed by atoms with Gasteiger partial charge >= 0.3 is 0 Å². The average molecular weight is 326 g/mol. The van der Waals surface area contributed by atoms with Crippen molar-refractivity contribution in [1.82, 2.24) is 10.2 Å². The number of fused-ring (bicyclic) bond motifs is 2. The number of carbonyl (C=O) groups is 2. The highest BCUT2D eigenvalue weighted by Gasteiger charge is 2.19. The second kappa shape index (κ2) is 6.09. The fourth-order valence-corrected chi connectivity index (χ4v) is 3.12. The number of ether oxygens (including phenoxy) is 1. The van der Waals surface area contributed by atoms with Crippen LogP contribution in [0.4, 0.5) is 11.5 Å². The molecular weight excluding hydrogens is 308 g/mol. The van der Waals surface area contributed by atoms with Crippen LogP contribution < -0.4 is 10.6 Å². The number of nitrogens with zero attached hydrogens (tertiary/aromatic N) is 1. The smallest absolute Gasteiger partial charge is 0.230 e. The second-order valence-corrected chi connectivity index (χ2v) is 6.10. The van der Waals surface area contributed by atoms with Gasteiger partial charge in [-0.1, -0.05) is 12.1 Å². The predicted molar refractivity (Wildman–Crippen MR) is 87.7 cm³/mol. The Hall–Kier alpha value is -2.67. The van der Waals surface area contributed by atoms with Crippen molar-refractivity contribution in [1.29, 1.82) is 0 Å². The number of anilines is 2. The fourth-order valence-electron chi connectivity index (χ4n) is 3.12. The van der Waals surface area contributed by atoms with Gasteiger partial charge in [-0.25, -0.2) is 0 Å². The molecule has 0 saturated heterocycles. The van der Waals surface area contributed by atoms with E-state index in [4.69, 9.17) is 4.74 Å². The summed E-state index contributed by atoms with van der Waals surface area (Å²) in [6.07, 6.45) is 2.25. The van der Waals surface area contributed by atoms with E-state index in [1.807, 2.05) is 18.2 Å². The molecule has 1 aromatic heterocycles. The molecule has 1 aromatic carbocycles. The number of H-pyrrole nitrogens is 1. The third-order valence-electron chi connectivity index (χ3n) is 4.38. The number of rotatable bonds is 3. The molecule has 0 radical (unpaired) electrons. The van der Waals surface area contributed by atoms with E-state index < -0.39 is 0 Å². The molecule has 0 fully saturated rings. The number of hydrogen-bond acceptors (Lipinski definition) is 4. The van der Waals surface area contributed by atoms with Crippen molar-refractivity contribution in [3.63, 3.8) is 0 Å². The maximum atomic E-state index is 12.3. The zero-order valence-electron chi connectivity index (χ0n) is 13.1. The van der Waals surface area contributed by atoms with Crippen LogP contribution in [0.1, 0.15) is 28.8 Å². The van der Waals surface area contributed by atoms with Crippen LogP contribution in [0.2, 0.25) is 0 Å². The van der Waals surface area contributed by atoms with Gasteiger partial charge in [0.05, 0.1) is 19.6 Å². The van der Waals surface area contributed by atoms with E-state index in [2.05, 4.69) is 20.8 Å². The van der Waals surface area contributed by atoms with E-state index in [1.165, 1.54) is 0 Å². The van der Waals surface area contributed by atoms with Gasteiger partial charge in [0.25, 0.3) is 0 Å². The molecule has 3 N–H and O–H groups in total. The molecule has 0 spiro atoms. The number of hydrogen-bond donors (Lipinski definition) is 3. The van der Waals surface area contributed by atoms with E-state index in [0.29, 0.717) is 31.9 Å². The van der Waals surface area contributed by atoms with Crippen LogP contribution in [-0.2, 0) is 40.2 Å². The van der Waals surface area contributed by atoms with Gasteiger partial charge < -0.3 is 15.4 Å². The Morgan fingerprint density at radius 2 is 2.21 bits per heavy atom. The Bertz CT molecular complexity index is 812. The number of benzene rings is 1. The van der Waals surface area contributed by atoms with Crippen molar-refractivity contribution in [3.05, 3.63) is 40.6 Å². The van der Waals surface area contributed by atoms with Gasteiger partial charge in [0, 0.05) is 29.8 Å². The molecule has 0 unspecified atom stereocenters. The molecule has 0 bridgehead atoms. The van der Waals surface area contributed by atoms with Gasteiger partial charge in [-0.15, -0.1) is 0 Å². The average Bonchev–Trinajstić information content (AvgIpc) is 2.98. The number of aromatic amines is 1. The lowest BCUT2D eigenvalue weighted by atomic mass is 9.99. The number of amides is 2. The minimum absolute atomic E-state index is 0.0403. The van der Waals surface area contributed by atoms with Crippen molar-refractivity contribution in [2.75, 3.05) is 17.2 Å². The van der Waals surface area contributed by atoms with E-state index >= 15 is 0 Å². The van der Waals surface area contributed by atoms with Gasteiger partial charge in [-0.3, -0.25) is 14.7 Å². The molecule has 2 aliphatic rings. The summed E-state index contributed by atoms with van der Waals surface area (Å²) >= 11 is 0. The molecule has 7 nitrogen and oxygen atoms in total. The number of carbonyl (C=O) groups excluding carboxylic acids is 2. The fraction of sp³-hybridized carbons (Fsp3) is 0.353. The maximum Gasteiger partial charge on any atom is 0.230 e. The zero-order chi connectivity index (χ0) is 16.5. The molecule has 24 heavy (non-hydrogen) atoms. The van der Waals surface area contributed by atoms with Crippen LogP contribution in [0.5, 0.6) is 0 Å². The predicted octanol–water partition coefficient (Wildman–Crippen LogP) is 1.55. The first kappa shape index (κ1) is 14.9. The van der Waals surface area contributed by atoms with Crippen molar-refractivity contribution < 1.29 is 14.3 Å². The highest BCUT2D eigenvalue weighted by atomic mass is 16.5. The first-order chi connectivity index (χ1) is 11.7. The molecule has 7 heteroatoms. The Labute approximate surface area is 138 Å². The zero-order valence-corrected chi connectivity index (χ0v) is 13.1. The Morgan fingerprint density at radius 1 is 1.29 bits per heavy atom. The molecule has 4 rings (SSSR count). The van der Waals surface area contributed by atoms with Crippen molar-refractivity contribution in [2.24, 2.45) is 0 Å². The van der Waals surface area contributed by atoms with E-state index in [9.17, 15) is 9.59 Å². The maximum absolute atomic E-state index is 12.3. The SMILES string of the molecule is O=C1CCc2cc(CC(=O)Nc3n[nH]c4c3COCC4)ccc2N1. The summed E-state index contributed by atoms with van der Waals surface area (Å²) in [4.78, 5) is 23.7. The first-order valence-corrected chi connectivity index (χ1v) is 8.04. The topological polar surface area (TPSA) is 96.1 Å². The van der Waals surface area contributed by atoms with Crippen LogP contribution in [-0.4, -0.2) is 28.6 Å². The quantitative estimate of drug-likeness (QED) is 0.797. The number of aryl methyl sites for hydroxylation is 1. The second-order valence-electron chi connectivity index (χ2n) is 6.10. The minimum atomic E-state index is -0.116. The Balaban J connectivity index is 1.45. The number of aromatic nitrogens is 2.